The van der Waals surface area contributed by atoms with Crippen molar-refractivity contribution in [3.63, 3.8) is 0 Å². The molecule has 3 aromatic rings. The van der Waals surface area contributed by atoms with E-state index in [9.17, 15) is 18.4 Å². The summed E-state index contributed by atoms with van der Waals surface area (Å²) in [4.78, 5) is 36.6. The third-order valence-corrected chi connectivity index (χ3v) is 5.59. The van der Waals surface area contributed by atoms with Gasteiger partial charge in [0.25, 0.3) is 5.91 Å². The summed E-state index contributed by atoms with van der Waals surface area (Å²) in [5.74, 6) is -2.25. The molecule has 12 heteroatoms. The molecular formula is C19H18F2N8O2. The summed E-state index contributed by atoms with van der Waals surface area (Å²) >= 11 is 0. The normalized spacial score (nSPS) is 18.5. The van der Waals surface area contributed by atoms with Gasteiger partial charge in [-0.05, 0) is 12.8 Å². The highest BCUT2D eigenvalue weighted by molar-refractivity contribution is 6.12. The van der Waals surface area contributed by atoms with Gasteiger partial charge < -0.3 is 20.9 Å². The van der Waals surface area contributed by atoms with Gasteiger partial charge in [0, 0.05) is 19.1 Å². The van der Waals surface area contributed by atoms with E-state index in [1.807, 2.05) is 4.90 Å². The Morgan fingerprint density at radius 2 is 2.10 bits per heavy atom. The number of aromatic nitrogens is 4. The van der Waals surface area contributed by atoms with Crippen LogP contribution in [0.1, 0.15) is 23.2 Å². The van der Waals surface area contributed by atoms with Crippen LogP contribution in [0.2, 0.25) is 0 Å². The zero-order chi connectivity index (χ0) is 21.7. The second kappa shape index (κ2) is 7.15. The predicted octanol–water partition coefficient (Wildman–Crippen LogP) is 1.05. The van der Waals surface area contributed by atoms with Gasteiger partial charge in [0.2, 0.25) is 5.91 Å². The van der Waals surface area contributed by atoms with E-state index < -0.39 is 17.5 Å². The van der Waals surface area contributed by atoms with Crippen molar-refractivity contribution in [1.82, 2.24) is 24.5 Å². The van der Waals surface area contributed by atoms with Gasteiger partial charge in [-0.1, -0.05) is 0 Å². The lowest BCUT2D eigenvalue weighted by molar-refractivity contribution is -0.131. The minimum atomic E-state index is -0.703. The zero-order valence-corrected chi connectivity index (χ0v) is 16.3. The Balaban J connectivity index is 1.48. The van der Waals surface area contributed by atoms with Crippen LogP contribution in [0.15, 0.2) is 24.8 Å². The Morgan fingerprint density at radius 1 is 1.26 bits per heavy atom. The van der Waals surface area contributed by atoms with Crippen molar-refractivity contribution in [2.75, 3.05) is 35.6 Å². The quantitative estimate of drug-likeness (QED) is 0.639. The van der Waals surface area contributed by atoms with Crippen molar-refractivity contribution in [2.24, 2.45) is 0 Å². The van der Waals surface area contributed by atoms with E-state index in [1.54, 1.807) is 4.90 Å². The van der Waals surface area contributed by atoms with Gasteiger partial charge >= 0.3 is 0 Å². The number of piperazine rings is 1. The molecule has 31 heavy (non-hydrogen) atoms. The molecule has 160 valence electrons. The highest BCUT2D eigenvalue weighted by Crippen LogP contribution is 2.33. The minimum absolute atomic E-state index is 0.00000978. The van der Waals surface area contributed by atoms with Crippen LogP contribution in [-0.4, -0.2) is 62.0 Å². The third-order valence-electron chi connectivity index (χ3n) is 5.59. The Hall–Kier alpha value is -3.83. The lowest BCUT2D eigenvalue weighted by Gasteiger charge is -2.38. The molecule has 2 aliphatic heterocycles. The fourth-order valence-electron chi connectivity index (χ4n) is 4.27. The second-order valence-electron chi connectivity index (χ2n) is 7.54. The van der Waals surface area contributed by atoms with Crippen molar-refractivity contribution in [1.29, 1.82) is 0 Å². The largest absolute Gasteiger partial charge is 0.381 e. The van der Waals surface area contributed by atoms with Crippen molar-refractivity contribution < 1.29 is 18.4 Å². The first-order valence-corrected chi connectivity index (χ1v) is 9.71. The highest BCUT2D eigenvalue weighted by atomic mass is 19.1. The molecular weight excluding hydrogens is 410 g/mol. The van der Waals surface area contributed by atoms with Crippen LogP contribution in [0.4, 0.5) is 26.0 Å². The van der Waals surface area contributed by atoms with Gasteiger partial charge in [-0.25, -0.2) is 18.3 Å². The maximum atomic E-state index is 14.8. The summed E-state index contributed by atoms with van der Waals surface area (Å²) in [7, 11) is 0. The number of amides is 2. The Kier molecular flexibility index (Phi) is 4.41. The van der Waals surface area contributed by atoms with E-state index in [-0.39, 0.29) is 46.9 Å². The van der Waals surface area contributed by atoms with Gasteiger partial charge in [-0.3, -0.25) is 14.6 Å². The lowest BCUT2D eigenvalue weighted by Crippen LogP contribution is -2.54. The first-order chi connectivity index (χ1) is 14.9. The SMILES string of the molecule is Nc1nn2cc(F)cnc2c1C(=O)Nc1cncc(F)c1N1CC(=O)N2CCCC2C1. The van der Waals surface area contributed by atoms with Crippen LogP contribution < -0.4 is 16.0 Å². The molecule has 3 aromatic heterocycles. The molecule has 5 heterocycles. The average Bonchev–Trinajstić information content (AvgIpc) is 3.31. The zero-order valence-electron chi connectivity index (χ0n) is 16.3. The minimum Gasteiger partial charge on any atom is -0.381 e. The van der Waals surface area contributed by atoms with E-state index in [0.717, 1.165) is 35.9 Å². The number of hydrogen-bond acceptors (Lipinski definition) is 7. The number of nitrogens with two attached hydrogens (primary N) is 1. The first-order valence-electron chi connectivity index (χ1n) is 9.71. The van der Waals surface area contributed by atoms with Gasteiger partial charge in [-0.15, -0.1) is 5.10 Å². The van der Waals surface area contributed by atoms with Crippen LogP contribution in [0.5, 0.6) is 0 Å². The van der Waals surface area contributed by atoms with E-state index >= 15 is 0 Å². The summed E-state index contributed by atoms with van der Waals surface area (Å²) in [6, 6.07) is 0.00623. The number of anilines is 3. The van der Waals surface area contributed by atoms with Crippen LogP contribution in [0.25, 0.3) is 5.65 Å². The number of rotatable bonds is 3. The number of nitrogen functional groups attached to an aromatic ring is 1. The maximum Gasteiger partial charge on any atom is 0.263 e. The van der Waals surface area contributed by atoms with Crippen LogP contribution in [0, 0.1) is 11.6 Å². The number of carbonyl (C=O) groups excluding carboxylic acids is 2. The monoisotopic (exact) mass is 428 g/mol. The Bertz CT molecular complexity index is 1210. The number of carbonyl (C=O) groups is 2. The molecule has 1 unspecified atom stereocenters. The van der Waals surface area contributed by atoms with E-state index in [2.05, 4.69) is 20.4 Å². The van der Waals surface area contributed by atoms with Crippen molar-refractivity contribution in [3.05, 3.63) is 42.0 Å². The molecule has 0 spiro atoms. The molecule has 2 aliphatic rings. The van der Waals surface area contributed by atoms with Crippen molar-refractivity contribution in [3.8, 4) is 0 Å². The second-order valence-corrected chi connectivity index (χ2v) is 7.54. The van der Waals surface area contributed by atoms with Gasteiger partial charge in [0.15, 0.2) is 23.1 Å². The van der Waals surface area contributed by atoms with E-state index in [0.29, 0.717) is 13.1 Å². The van der Waals surface area contributed by atoms with Crippen LogP contribution in [0.3, 0.4) is 0 Å². The number of hydrogen-bond donors (Lipinski definition) is 2. The molecule has 5 rings (SSSR count). The Labute approximate surface area is 174 Å². The topological polar surface area (TPSA) is 122 Å². The highest BCUT2D eigenvalue weighted by Gasteiger charge is 2.37. The van der Waals surface area contributed by atoms with Crippen LogP contribution in [-0.2, 0) is 4.79 Å². The molecule has 0 bridgehead atoms. The van der Waals surface area contributed by atoms with E-state index in [4.69, 9.17) is 5.73 Å². The molecule has 1 atom stereocenters. The molecule has 0 radical (unpaired) electrons. The lowest BCUT2D eigenvalue weighted by atomic mass is 10.1. The summed E-state index contributed by atoms with van der Waals surface area (Å²) in [6.07, 6.45) is 6.07. The van der Waals surface area contributed by atoms with Crippen molar-refractivity contribution in [2.45, 2.75) is 18.9 Å². The molecule has 10 nitrogen and oxygen atoms in total. The number of halogens is 2. The molecule has 0 aliphatic carbocycles. The van der Waals surface area contributed by atoms with Gasteiger partial charge in [0.1, 0.15) is 11.3 Å². The van der Waals surface area contributed by atoms with Crippen LogP contribution >= 0.6 is 0 Å². The summed E-state index contributed by atoms with van der Waals surface area (Å²) in [5, 5.41) is 6.49. The summed E-state index contributed by atoms with van der Waals surface area (Å²) in [6.45, 7) is 1.16. The Morgan fingerprint density at radius 3 is 2.94 bits per heavy atom. The molecule has 2 fully saturated rings. The molecule has 3 N–H and O–H groups in total. The summed E-state index contributed by atoms with van der Waals surface area (Å²) in [5.41, 5.74) is 5.98. The third kappa shape index (κ3) is 3.20. The molecule has 0 aromatic carbocycles. The standard InChI is InChI=1S/C19H18F2N8O2/c20-10-4-24-18-15(17(22)26-29(18)7-10)19(31)25-13-6-23-5-12(21)16(13)27-8-11-2-1-3-28(11)14(30)9-27/h4-7,11H,1-3,8-9H2,(H2,22,26)(H,25,31). The smallest absolute Gasteiger partial charge is 0.263 e. The fraction of sp³-hybridized carbons (Fsp3) is 0.316. The average molecular weight is 428 g/mol. The van der Waals surface area contributed by atoms with E-state index in [1.165, 1.54) is 6.20 Å². The summed E-state index contributed by atoms with van der Waals surface area (Å²) < 4.78 is 29.3. The number of pyridine rings is 1. The van der Waals surface area contributed by atoms with Crippen molar-refractivity contribution >= 4 is 34.7 Å². The number of nitrogens with zero attached hydrogens (tertiary/aromatic N) is 6. The van der Waals surface area contributed by atoms with Gasteiger partial charge in [-0.2, -0.15) is 0 Å². The number of fused-ring (bicyclic) bond motifs is 2. The first kappa shape index (κ1) is 19.2. The molecule has 2 amide bonds. The number of nitrogens with one attached hydrogen (secondary N) is 1. The molecule has 2 saturated heterocycles. The predicted molar refractivity (Wildman–Crippen MR) is 106 cm³/mol. The van der Waals surface area contributed by atoms with Gasteiger partial charge in [0.05, 0.1) is 37.0 Å². The fourth-order valence-corrected chi connectivity index (χ4v) is 4.27. The molecule has 0 saturated carbocycles. The maximum absolute atomic E-state index is 14.8.